The minimum Gasteiger partial charge on any atom is -0.309 e. The van der Waals surface area contributed by atoms with Gasteiger partial charge >= 0.3 is 0 Å². The fourth-order valence-corrected chi connectivity index (χ4v) is 0.233. The first-order valence-electron chi connectivity index (χ1n) is 2.15. The summed E-state index contributed by atoms with van der Waals surface area (Å²) in [6.45, 7) is 4.03. The summed E-state index contributed by atoms with van der Waals surface area (Å²) >= 11 is 4.35. The summed E-state index contributed by atoms with van der Waals surface area (Å²) in [5, 5.41) is 0. The van der Waals surface area contributed by atoms with Gasteiger partial charge in [-0.3, -0.25) is 0 Å². The van der Waals surface area contributed by atoms with E-state index in [2.05, 4.69) is 28.6 Å². The molecular weight excluding hydrogens is 108 g/mol. The molecule has 41 valence electrons. The van der Waals surface area contributed by atoms with Crippen molar-refractivity contribution in [3.8, 4) is 0 Å². The van der Waals surface area contributed by atoms with Crippen LogP contribution < -0.4 is 10.9 Å². The smallest absolute Gasteiger partial charge is 0.149 e. The average Bonchev–Trinajstić information content (AvgIpc) is 1.61. The van der Waals surface area contributed by atoms with Gasteiger partial charge in [0.2, 0.25) is 0 Å². The SMILES string of the molecule is CC(C)NN[C]=S. The molecule has 0 saturated carbocycles. The number of hydrogen-bond donors (Lipinski definition) is 2. The lowest BCUT2D eigenvalue weighted by atomic mass is 10.4. The van der Waals surface area contributed by atoms with E-state index in [1.54, 1.807) is 0 Å². The third kappa shape index (κ3) is 5.85. The van der Waals surface area contributed by atoms with Gasteiger partial charge in [-0.25, -0.2) is 5.43 Å². The van der Waals surface area contributed by atoms with Crippen LogP contribution in [-0.2, 0) is 0 Å². The van der Waals surface area contributed by atoms with Crippen molar-refractivity contribution in [2.75, 3.05) is 0 Å². The van der Waals surface area contributed by atoms with Crippen LogP contribution in [0.15, 0.2) is 0 Å². The van der Waals surface area contributed by atoms with Crippen LogP contribution in [0.2, 0.25) is 0 Å². The fraction of sp³-hybridized carbons (Fsp3) is 0.750. The van der Waals surface area contributed by atoms with Crippen molar-refractivity contribution in [3.63, 3.8) is 0 Å². The summed E-state index contributed by atoms with van der Waals surface area (Å²) in [4.78, 5) is 0. The van der Waals surface area contributed by atoms with Crippen molar-refractivity contribution in [1.29, 1.82) is 0 Å². The van der Waals surface area contributed by atoms with Gasteiger partial charge in [0.05, 0.1) is 0 Å². The number of hydrazine groups is 1. The molecule has 0 aromatic heterocycles. The van der Waals surface area contributed by atoms with E-state index in [1.165, 1.54) is 0 Å². The Morgan fingerprint density at radius 3 is 2.29 bits per heavy atom. The maximum absolute atomic E-state index is 4.35. The quantitative estimate of drug-likeness (QED) is 0.316. The van der Waals surface area contributed by atoms with Crippen molar-refractivity contribution in [3.05, 3.63) is 0 Å². The first kappa shape index (κ1) is 6.85. The molecule has 1 radical (unpaired) electrons. The Labute approximate surface area is 49.3 Å². The topological polar surface area (TPSA) is 24.1 Å². The van der Waals surface area contributed by atoms with Crippen molar-refractivity contribution in [2.24, 2.45) is 0 Å². The number of thiocarbonyl (C=S) groups is 1. The standard InChI is InChI=1S/C4H9N2S/c1-4(2)6-5-3-7/h4,6H,1-2H3,(H,5,7). The minimum atomic E-state index is 0.412. The van der Waals surface area contributed by atoms with Gasteiger partial charge in [-0.2, -0.15) is 0 Å². The highest BCUT2D eigenvalue weighted by Gasteiger charge is 1.83. The number of nitrogens with one attached hydrogen (secondary N) is 2. The summed E-state index contributed by atoms with van der Waals surface area (Å²) < 4.78 is 0. The molecule has 0 spiro atoms. The van der Waals surface area contributed by atoms with E-state index in [0.717, 1.165) is 0 Å². The van der Waals surface area contributed by atoms with Crippen LogP contribution in [0.4, 0.5) is 0 Å². The Morgan fingerprint density at radius 2 is 2.14 bits per heavy atom. The summed E-state index contributed by atoms with van der Waals surface area (Å²) in [5.74, 6) is 0. The van der Waals surface area contributed by atoms with Gasteiger partial charge in [0.25, 0.3) is 0 Å². The molecule has 0 aromatic rings. The number of hydrogen-bond acceptors (Lipinski definition) is 2. The first-order valence-corrected chi connectivity index (χ1v) is 2.56. The van der Waals surface area contributed by atoms with Crippen molar-refractivity contribution in [2.45, 2.75) is 19.9 Å². The summed E-state index contributed by atoms with van der Waals surface area (Å²) in [7, 11) is 0. The Bertz CT molecular complexity index is 53.7. The Balaban J connectivity index is 2.81. The van der Waals surface area contributed by atoms with Gasteiger partial charge in [0.1, 0.15) is 5.49 Å². The maximum atomic E-state index is 4.35. The summed E-state index contributed by atoms with van der Waals surface area (Å²) in [5.41, 5.74) is 7.71. The monoisotopic (exact) mass is 117 g/mol. The van der Waals surface area contributed by atoms with Crippen LogP contribution in [0, 0.1) is 0 Å². The second-order valence-corrected chi connectivity index (χ2v) is 1.73. The van der Waals surface area contributed by atoms with Crippen LogP contribution >= 0.6 is 12.2 Å². The zero-order chi connectivity index (χ0) is 5.70. The largest absolute Gasteiger partial charge is 0.309 e. The van der Waals surface area contributed by atoms with Crippen molar-refractivity contribution in [1.82, 2.24) is 10.9 Å². The predicted octanol–water partition coefficient (Wildman–Crippen LogP) is 0.323. The zero-order valence-electron chi connectivity index (χ0n) is 4.49. The fourth-order valence-electron chi connectivity index (χ4n) is 0.174. The van der Waals surface area contributed by atoms with E-state index in [0.29, 0.717) is 6.04 Å². The van der Waals surface area contributed by atoms with Gasteiger partial charge in [0, 0.05) is 6.04 Å². The highest BCUT2D eigenvalue weighted by Crippen LogP contribution is 1.67. The summed E-state index contributed by atoms with van der Waals surface area (Å²) in [6, 6.07) is 0.412. The highest BCUT2D eigenvalue weighted by atomic mass is 32.1. The van der Waals surface area contributed by atoms with Gasteiger partial charge in [0.15, 0.2) is 0 Å². The van der Waals surface area contributed by atoms with Crippen LogP contribution in [0.3, 0.4) is 0 Å². The Morgan fingerprint density at radius 1 is 1.57 bits per heavy atom. The molecule has 7 heavy (non-hydrogen) atoms. The van der Waals surface area contributed by atoms with Crippen LogP contribution in [0.1, 0.15) is 13.8 Å². The van der Waals surface area contributed by atoms with Crippen LogP contribution in [0.25, 0.3) is 0 Å². The second-order valence-electron chi connectivity index (χ2n) is 1.53. The van der Waals surface area contributed by atoms with E-state index >= 15 is 0 Å². The predicted molar refractivity (Wildman–Crippen MR) is 34.0 cm³/mol. The molecule has 0 rings (SSSR count). The lowest BCUT2D eigenvalue weighted by molar-refractivity contribution is 0.566. The average molecular weight is 117 g/mol. The zero-order valence-corrected chi connectivity index (χ0v) is 5.30. The second kappa shape index (κ2) is 4.02. The van der Waals surface area contributed by atoms with E-state index < -0.39 is 0 Å². The highest BCUT2D eigenvalue weighted by molar-refractivity contribution is 7.78. The van der Waals surface area contributed by atoms with E-state index in [-0.39, 0.29) is 0 Å². The maximum Gasteiger partial charge on any atom is 0.149 e. The van der Waals surface area contributed by atoms with Gasteiger partial charge in [-0.15, -0.1) is 0 Å². The van der Waals surface area contributed by atoms with Crippen LogP contribution in [-0.4, -0.2) is 11.5 Å². The van der Waals surface area contributed by atoms with Gasteiger partial charge in [-0.1, -0.05) is 12.2 Å². The molecule has 0 bridgehead atoms. The molecular formula is C4H9N2S. The Kier molecular flexibility index (Phi) is 3.93. The van der Waals surface area contributed by atoms with Gasteiger partial charge < -0.3 is 5.43 Å². The first-order chi connectivity index (χ1) is 3.27. The molecule has 0 atom stereocenters. The normalized spacial score (nSPS) is 9.00. The molecule has 0 saturated heterocycles. The molecule has 2 nitrogen and oxygen atoms in total. The van der Waals surface area contributed by atoms with Crippen molar-refractivity contribution < 1.29 is 0 Å². The molecule has 0 fully saturated rings. The van der Waals surface area contributed by atoms with Crippen molar-refractivity contribution >= 4 is 17.7 Å². The van der Waals surface area contributed by atoms with E-state index in [9.17, 15) is 0 Å². The third-order valence-electron chi connectivity index (χ3n) is 0.412. The lowest BCUT2D eigenvalue weighted by Crippen LogP contribution is -2.35. The molecule has 0 heterocycles. The molecule has 0 aliphatic heterocycles. The van der Waals surface area contributed by atoms with E-state index in [4.69, 9.17) is 0 Å². The minimum absolute atomic E-state index is 0.412. The van der Waals surface area contributed by atoms with Crippen LogP contribution in [0.5, 0.6) is 0 Å². The van der Waals surface area contributed by atoms with E-state index in [1.807, 2.05) is 13.8 Å². The summed E-state index contributed by atoms with van der Waals surface area (Å²) in [6.07, 6.45) is 0. The Hall–Kier alpha value is -0.150. The number of rotatable bonds is 3. The molecule has 2 N–H and O–H groups in total. The molecule has 3 heteroatoms. The third-order valence-corrected chi connectivity index (χ3v) is 0.514. The lowest BCUT2D eigenvalue weighted by Gasteiger charge is -2.03. The molecule has 0 unspecified atom stereocenters. The molecule has 0 aliphatic rings. The molecule has 0 aliphatic carbocycles. The van der Waals surface area contributed by atoms with Gasteiger partial charge in [-0.05, 0) is 13.8 Å². The molecule has 0 aromatic carbocycles. The molecule has 0 amide bonds.